The summed E-state index contributed by atoms with van der Waals surface area (Å²) < 4.78 is 34.3. The van der Waals surface area contributed by atoms with E-state index in [2.05, 4.69) is 0 Å². The first kappa shape index (κ1) is 20.8. The molecule has 0 aliphatic carbocycles. The molecule has 3 aromatic carbocycles. The molecule has 2 heterocycles. The number of fused-ring (bicyclic) bond motifs is 2. The maximum Gasteiger partial charge on any atom is 0.269 e. The number of halogens is 1. The van der Waals surface area contributed by atoms with E-state index in [1.54, 1.807) is 41.3 Å². The molecule has 164 valence electrons. The largest absolute Gasteiger partial charge is 0.476 e. The molecule has 5 rings (SSSR count). The number of amides is 1. The molecule has 0 saturated carbocycles. The van der Waals surface area contributed by atoms with E-state index >= 15 is 0 Å². The van der Waals surface area contributed by atoms with Gasteiger partial charge in [0.2, 0.25) is 0 Å². The normalized spacial score (nSPS) is 17.8. The average Bonchev–Trinajstić information content (AvgIpc) is 2.83. The first-order valence-corrected chi connectivity index (χ1v) is 12.2. The second-order valence-corrected chi connectivity index (χ2v) is 10.1. The summed E-state index contributed by atoms with van der Waals surface area (Å²) in [7, 11) is -3.93. The molecule has 0 fully saturated rings. The van der Waals surface area contributed by atoms with Gasteiger partial charge in [0.15, 0.2) is 6.10 Å². The Morgan fingerprint density at radius 1 is 0.969 bits per heavy atom. The fourth-order valence-electron chi connectivity index (χ4n) is 4.24. The van der Waals surface area contributed by atoms with Crippen molar-refractivity contribution in [3.63, 3.8) is 0 Å². The van der Waals surface area contributed by atoms with Crippen LogP contribution in [0.2, 0.25) is 5.02 Å². The van der Waals surface area contributed by atoms with Gasteiger partial charge >= 0.3 is 0 Å². The number of carbonyl (C=O) groups is 1. The van der Waals surface area contributed by atoms with Crippen molar-refractivity contribution in [2.75, 3.05) is 22.3 Å². The molecule has 2 aliphatic rings. The van der Waals surface area contributed by atoms with Gasteiger partial charge in [-0.1, -0.05) is 48.0 Å². The van der Waals surface area contributed by atoms with Gasteiger partial charge in [-0.15, -0.1) is 0 Å². The number of sulfonamides is 1. The van der Waals surface area contributed by atoms with E-state index in [4.69, 9.17) is 16.3 Å². The third-order valence-corrected chi connectivity index (χ3v) is 7.80. The van der Waals surface area contributed by atoms with Crippen LogP contribution in [-0.2, 0) is 21.2 Å². The minimum Gasteiger partial charge on any atom is -0.476 e. The number of rotatable bonds is 3. The van der Waals surface area contributed by atoms with Crippen LogP contribution >= 0.6 is 11.6 Å². The first-order chi connectivity index (χ1) is 15.4. The zero-order valence-electron chi connectivity index (χ0n) is 17.1. The number of benzene rings is 3. The number of nitrogens with zero attached hydrogens (tertiary/aromatic N) is 2. The van der Waals surface area contributed by atoms with Gasteiger partial charge in [0.05, 0.1) is 17.1 Å². The Bertz CT molecular complexity index is 1280. The van der Waals surface area contributed by atoms with Gasteiger partial charge in [0.1, 0.15) is 5.75 Å². The molecule has 1 amide bonds. The molecule has 8 heteroatoms. The van der Waals surface area contributed by atoms with Gasteiger partial charge < -0.3 is 9.64 Å². The Morgan fingerprint density at radius 3 is 2.53 bits per heavy atom. The number of hydrogen-bond donors (Lipinski definition) is 0. The fourth-order valence-corrected chi connectivity index (χ4v) is 5.89. The maximum atomic E-state index is 13.6. The summed E-state index contributed by atoms with van der Waals surface area (Å²) >= 11 is 6.16. The first-order valence-electron chi connectivity index (χ1n) is 10.4. The van der Waals surface area contributed by atoms with Crippen molar-refractivity contribution < 1.29 is 17.9 Å². The van der Waals surface area contributed by atoms with E-state index in [9.17, 15) is 13.2 Å². The number of hydrogen-bond acceptors (Lipinski definition) is 4. The van der Waals surface area contributed by atoms with Crippen LogP contribution in [0.25, 0.3) is 0 Å². The fraction of sp³-hybridized carbons (Fsp3) is 0.208. The molecule has 0 spiro atoms. The lowest BCUT2D eigenvalue weighted by Crippen LogP contribution is -2.52. The van der Waals surface area contributed by atoms with Crippen molar-refractivity contribution in [2.24, 2.45) is 0 Å². The average molecular weight is 469 g/mol. The number of para-hydroxylation sites is 1. The summed E-state index contributed by atoms with van der Waals surface area (Å²) in [4.78, 5) is 15.4. The quantitative estimate of drug-likeness (QED) is 0.575. The lowest BCUT2D eigenvalue weighted by molar-refractivity contribution is -0.125. The Kier molecular flexibility index (Phi) is 5.31. The molecule has 32 heavy (non-hydrogen) atoms. The number of ether oxygens (including phenoxy) is 1. The summed E-state index contributed by atoms with van der Waals surface area (Å²) in [5.74, 6) is 0.0508. The van der Waals surface area contributed by atoms with E-state index < -0.39 is 16.1 Å². The molecule has 6 nitrogen and oxygen atoms in total. The van der Waals surface area contributed by atoms with Crippen molar-refractivity contribution >= 4 is 38.9 Å². The molecule has 2 aliphatic heterocycles. The molecule has 3 aromatic rings. The summed E-state index contributed by atoms with van der Waals surface area (Å²) in [6, 6.07) is 20.7. The van der Waals surface area contributed by atoms with Crippen molar-refractivity contribution in [3.05, 3.63) is 83.4 Å². The van der Waals surface area contributed by atoms with Crippen LogP contribution in [0.3, 0.4) is 0 Å². The van der Waals surface area contributed by atoms with Crippen molar-refractivity contribution in [2.45, 2.75) is 23.8 Å². The lowest BCUT2D eigenvalue weighted by Gasteiger charge is -2.38. The summed E-state index contributed by atoms with van der Waals surface area (Å²) in [5.41, 5.74) is 2.28. The molecule has 0 bridgehead atoms. The van der Waals surface area contributed by atoms with E-state index in [0.717, 1.165) is 24.1 Å². The lowest BCUT2D eigenvalue weighted by atomic mass is 10.0. The van der Waals surface area contributed by atoms with Crippen LogP contribution < -0.4 is 13.9 Å². The highest BCUT2D eigenvalue weighted by atomic mass is 35.5. The highest BCUT2D eigenvalue weighted by Gasteiger charge is 2.40. The van der Waals surface area contributed by atoms with Crippen LogP contribution in [0.4, 0.5) is 11.4 Å². The van der Waals surface area contributed by atoms with Crippen LogP contribution in [0.5, 0.6) is 5.75 Å². The standard InChI is InChI=1S/C24H21ClN2O4S/c25-18-12-13-22-21(15-18)27(32(29,30)19-9-2-1-3-10-19)16-23(31-22)24(28)26-14-6-8-17-7-4-5-11-20(17)26/h1-5,7,9-13,15,23H,6,8,14,16H2/t23-/m1/s1. The molecule has 1 atom stereocenters. The van der Waals surface area contributed by atoms with Gasteiger partial charge in [0.25, 0.3) is 15.9 Å². The number of aryl methyl sites for hydroxylation is 1. The topological polar surface area (TPSA) is 66.9 Å². The second-order valence-electron chi connectivity index (χ2n) is 7.79. The number of carbonyl (C=O) groups excluding carboxylic acids is 1. The van der Waals surface area contributed by atoms with Crippen LogP contribution in [-0.4, -0.2) is 33.5 Å². The summed E-state index contributed by atoms with van der Waals surface area (Å²) in [6.07, 6.45) is 0.767. The van der Waals surface area contributed by atoms with Gasteiger partial charge in [-0.25, -0.2) is 8.42 Å². The highest BCUT2D eigenvalue weighted by Crippen LogP contribution is 2.39. The Balaban J connectivity index is 1.54. The molecule has 0 aromatic heterocycles. The Hall–Kier alpha value is -3.03. The number of anilines is 2. The Labute approximate surface area is 192 Å². The van der Waals surface area contributed by atoms with E-state index in [-0.39, 0.29) is 17.3 Å². The van der Waals surface area contributed by atoms with Crippen molar-refractivity contribution in [3.8, 4) is 5.75 Å². The minimum atomic E-state index is -3.93. The van der Waals surface area contributed by atoms with Gasteiger partial charge in [-0.05, 0) is 54.8 Å². The van der Waals surface area contributed by atoms with E-state index in [0.29, 0.717) is 23.0 Å². The van der Waals surface area contributed by atoms with Crippen LogP contribution in [0.1, 0.15) is 12.0 Å². The molecule has 0 N–H and O–H groups in total. The minimum absolute atomic E-state index is 0.137. The van der Waals surface area contributed by atoms with E-state index in [1.165, 1.54) is 16.4 Å². The smallest absolute Gasteiger partial charge is 0.269 e. The zero-order valence-corrected chi connectivity index (χ0v) is 18.7. The summed E-state index contributed by atoms with van der Waals surface area (Å²) in [6.45, 7) is 0.427. The monoisotopic (exact) mass is 468 g/mol. The second kappa shape index (κ2) is 8.15. The van der Waals surface area contributed by atoms with Gasteiger partial charge in [-0.3, -0.25) is 9.10 Å². The third kappa shape index (κ3) is 3.61. The maximum absolute atomic E-state index is 13.6. The van der Waals surface area contributed by atoms with Gasteiger partial charge in [0, 0.05) is 17.3 Å². The van der Waals surface area contributed by atoms with Crippen molar-refractivity contribution in [1.82, 2.24) is 0 Å². The molecular formula is C24H21ClN2O4S. The molecule has 0 saturated heterocycles. The SMILES string of the molecule is O=C([C@H]1CN(S(=O)(=O)c2ccccc2)c2cc(Cl)ccc2O1)N1CCCc2ccccc21. The van der Waals surface area contributed by atoms with Crippen molar-refractivity contribution in [1.29, 1.82) is 0 Å². The summed E-state index contributed by atoms with van der Waals surface area (Å²) in [5, 5.41) is 0.385. The van der Waals surface area contributed by atoms with Crippen LogP contribution in [0, 0.1) is 0 Å². The predicted molar refractivity (Wildman–Crippen MR) is 124 cm³/mol. The van der Waals surface area contributed by atoms with E-state index in [1.807, 2.05) is 24.3 Å². The molecular weight excluding hydrogens is 448 g/mol. The third-order valence-electron chi connectivity index (χ3n) is 5.77. The predicted octanol–water partition coefficient (Wildman–Crippen LogP) is 4.28. The molecule has 0 radical (unpaired) electrons. The Morgan fingerprint density at radius 2 is 1.72 bits per heavy atom. The van der Waals surface area contributed by atoms with Crippen LogP contribution in [0.15, 0.2) is 77.7 Å². The van der Waals surface area contributed by atoms with Gasteiger partial charge in [-0.2, -0.15) is 0 Å². The zero-order chi connectivity index (χ0) is 22.3. The molecule has 0 unspecified atom stereocenters. The highest BCUT2D eigenvalue weighted by molar-refractivity contribution is 7.92.